The minimum atomic E-state index is -0.192. The normalized spacial score (nSPS) is 13.9. The monoisotopic (exact) mass is 336 g/mol. The highest BCUT2D eigenvalue weighted by atomic mass is 16.2. The number of carbonyl (C=O) groups is 2. The molecule has 1 aliphatic heterocycles. The number of para-hydroxylation sites is 1. The van der Waals surface area contributed by atoms with Crippen LogP contribution in [0.3, 0.4) is 0 Å². The number of hydrogen-bond acceptors (Lipinski definition) is 4. The van der Waals surface area contributed by atoms with Crippen LogP contribution >= 0.6 is 0 Å². The van der Waals surface area contributed by atoms with Crippen molar-refractivity contribution in [1.29, 1.82) is 0 Å². The number of rotatable bonds is 4. The van der Waals surface area contributed by atoms with E-state index in [-0.39, 0.29) is 18.5 Å². The molecule has 126 valence electrons. The molecule has 1 aromatic heterocycles. The number of nitrogens with one attached hydrogen (secondary N) is 2. The van der Waals surface area contributed by atoms with Crippen molar-refractivity contribution < 1.29 is 9.59 Å². The van der Waals surface area contributed by atoms with Gasteiger partial charge in [-0.15, -0.1) is 5.10 Å². The van der Waals surface area contributed by atoms with Crippen molar-refractivity contribution in [2.75, 3.05) is 23.3 Å². The summed E-state index contributed by atoms with van der Waals surface area (Å²) >= 11 is 0. The van der Waals surface area contributed by atoms with Crippen LogP contribution < -0.4 is 15.5 Å². The van der Waals surface area contributed by atoms with Crippen LogP contribution in [0.1, 0.15) is 0 Å². The molecular weight excluding hydrogens is 320 g/mol. The molecule has 3 aromatic rings. The summed E-state index contributed by atoms with van der Waals surface area (Å²) in [6.45, 7) is 1.36. The maximum atomic E-state index is 12.2. The Hall–Kier alpha value is -3.42. The largest absolute Gasteiger partial charge is 0.336 e. The lowest BCUT2D eigenvalue weighted by atomic mass is 10.2. The third-order valence-electron chi connectivity index (χ3n) is 4.03. The number of amides is 3. The van der Waals surface area contributed by atoms with Gasteiger partial charge in [0.2, 0.25) is 5.91 Å². The van der Waals surface area contributed by atoms with Gasteiger partial charge in [0, 0.05) is 24.5 Å². The van der Waals surface area contributed by atoms with Crippen molar-refractivity contribution in [3.05, 3.63) is 48.5 Å². The van der Waals surface area contributed by atoms with Crippen LogP contribution in [-0.4, -0.2) is 40.0 Å². The predicted molar refractivity (Wildman–Crippen MR) is 93.3 cm³/mol. The lowest BCUT2D eigenvalue weighted by Gasteiger charge is -2.14. The summed E-state index contributed by atoms with van der Waals surface area (Å²) in [7, 11) is 0. The predicted octanol–water partition coefficient (Wildman–Crippen LogP) is 1.60. The van der Waals surface area contributed by atoms with Crippen molar-refractivity contribution >= 4 is 34.3 Å². The standard InChI is InChI=1S/C17H16N6O2/c24-16(11-23-15-4-2-1-3-14(15)20-21-23)19-12-5-7-13(8-6-12)22-10-9-18-17(22)25/h1-8H,9-11H2,(H,18,25)(H,19,24). The Balaban J connectivity index is 1.43. The van der Waals surface area contributed by atoms with E-state index in [0.717, 1.165) is 16.7 Å². The van der Waals surface area contributed by atoms with Gasteiger partial charge in [0.25, 0.3) is 0 Å². The highest BCUT2D eigenvalue weighted by molar-refractivity contribution is 5.95. The van der Waals surface area contributed by atoms with Gasteiger partial charge in [0.15, 0.2) is 0 Å². The molecule has 1 aliphatic rings. The molecule has 3 amide bonds. The minimum absolute atomic E-state index is 0.0802. The second kappa shape index (κ2) is 6.23. The topological polar surface area (TPSA) is 92.2 Å². The molecule has 0 radical (unpaired) electrons. The molecular formula is C17H16N6O2. The second-order valence-corrected chi connectivity index (χ2v) is 5.71. The first kappa shape index (κ1) is 15.1. The molecule has 0 saturated carbocycles. The maximum absolute atomic E-state index is 12.2. The van der Waals surface area contributed by atoms with Gasteiger partial charge in [-0.1, -0.05) is 17.3 Å². The molecule has 0 atom stereocenters. The number of benzene rings is 2. The Morgan fingerprint density at radius 3 is 2.72 bits per heavy atom. The first-order valence-corrected chi connectivity index (χ1v) is 7.94. The van der Waals surface area contributed by atoms with Gasteiger partial charge < -0.3 is 10.6 Å². The van der Waals surface area contributed by atoms with Crippen molar-refractivity contribution in [3.63, 3.8) is 0 Å². The highest BCUT2D eigenvalue weighted by Gasteiger charge is 2.20. The number of carbonyl (C=O) groups excluding carboxylic acids is 2. The number of anilines is 2. The van der Waals surface area contributed by atoms with Gasteiger partial charge >= 0.3 is 6.03 Å². The molecule has 0 bridgehead atoms. The van der Waals surface area contributed by atoms with Crippen LogP contribution in [0, 0.1) is 0 Å². The lowest BCUT2D eigenvalue weighted by Crippen LogP contribution is -2.27. The molecule has 8 heteroatoms. The zero-order chi connectivity index (χ0) is 17.2. The number of nitrogens with zero attached hydrogens (tertiary/aromatic N) is 4. The average Bonchev–Trinajstić information content (AvgIpc) is 3.22. The van der Waals surface area contributed by atoms with Gasteiger partial charge in [-0.2, -0.15) is 0 Å². The quantitative estimate of drug-likeness (QED) is 0.757. The van der Waals surface area contributed by atoms with Gasteiger partial charge in [0.05, 0.1) is 5.52 Å². The van der Waals surface area contributed by atoms with E-state index in [1.165, 1.54) is 0 Å². The van der Waals surface area contributed by atoms with Crippen LogP contribution in [0.2, 0.25) is 0 Å². The van der Waals surface area contributed by atoms with Gasteiger partial charge in [-0.25, -0.2) is 9.48 Å². The summed E-state index contributed by atoms with van der Waals surface area (Å²) in [5, 5.41) is 13.6. The number of aromatic nitrogens is 3. The third-order valence-corrected chi connectivity index (χ3v) is 4.03. The summed E-state index contributed by atoms with van der Waals surface area (Å²) < 4.78 is 1.56. The third kappa shape index (κ3) is 3.01. The first-order chi connectivity index (χ1) is 12.2. The van der Waals surface area contributed by atoms with E-state index in [9.17, 15) is 9.59 Å². The van der Waals surface area contributed by atoms with E-state index in [2.05, 4.69) is 20.9 Å². The lowest BCUT2D eigenvalue weighted by molar-refractivity contribution is -0.116. The number of fused-ring (bicyclic) bond motifs is 1. The van der Waals surface area contributed by atoms with E-state index in [1.807, 2.05) is 36.4 Å². The molecule has 25 heavy (non-hydrogen) atoms. The molecule has 0 aliphatic carbocycles. The summed E-state index contributed by atoms with van der Waals surface area (Å²) in [4.78, 5) is 25.6. The van der Waals surface area contributed by atoms with Crippen LogP contribution in [0.15, 0.2) is 48.5 Å². The Morgan fingerprint density at radius 1 is 1.16 bits per heavy atom. The van der Waals surface area contributed by atoms with Crippen molar-refractivity contribution in [2.45, 2.75) is 6.54 Å². The minimum Gasteiger partial charge on any atom is -0.336 e. The number of hydrogen-bond donors (Lipinski definition) is 2. The summed E-state index contributed by atoms with van der Waals surface area (Å²) in [5.74, 6) is -0.192. The van der Waals surface area contributed by atoms with E-state index in [1.54, 1.807) is 21.7 Å². The Bertz CT molecular complexity index is 934. The first-order valence-electron chi connectivity index (χ1n) is 7.94. The maximum Gasteiger partial charge on any atom is 0.321 e. The van der Waals surface area contributed by atoms with E-state index >= 15 is 0 Å². The molecule has 2 N–H and O–H groups in total. The van der Waals surface area contributed by atoms with Crippen LogP contribution in [0.25, 0.3) is 11.0 Å². The fourth-order valence-corrected chi connectivity index (χ4v) is 2.81. The van der Waals surface area contributed by atoms with Crippen LogP contribution in [0.4, 0.5) is 16.2 Å². The molecule has 1 saturated heterocycles. The smallest absolute Gasteiger partial charge is 0.321 e. The van der Waals surface area contributed by atoms with E-state index in [0.29, 0.717) is 18.8 Å². The molecule has 1 fully saturated rings. The van der Waals surface area contributed by atoms with Gasteiger partial charge in [-0.3, -0.25) is 9.69 Å². The zero-order valence-electron chi connectivity index (χ0n) is 13.3. The Morgan fingerprint density at radius 2 is 1.96 bits per heavy atom. The van der Waals surface area contributed by atoms with E-state index in [4.69, 9.17) is 0 Å². The second-order valence-electron chi connectivity index (χ2n) is 5.71. The fraction of sp³-hybridized carbons (Fsp3) is 0.176. The highest BCUT2D eigenvalue weighted by Crippen LogP contribution is 2.19. The number of urea groups is 1. The summed E-state index contributed by atoms with van der Waals surface area (Å²) in [6.07, 6.45) is 0. The Kier molecular flexibility index (Phi) is 3.77. The average molecular weight is 336 g/mol. The fourth-order valence-electron chi connectivity index (χ4n) is 2.81. The van der Waals surface area contributed by atoms with Crippen molar-refractivity contribution in [2.24, 2.45) is 0 Å². The van der Waals surface area contributed by atoms with Crippen molar-refractivity contribution in [3.8, 4) is 0 Å². The molecule has 0 spiro atoms. The molecule has 2 aromatic carbocycles. The van der Waals surface area contributed by atoms with Crippen molar-refractivity contribution in [1.82, 2.24) is 20.3 Å². The van der Waals surface area contributed by atoms with Crippen LogP contribution in [-0.2, 0) is 11.3 Å². The summed E-state index contributed by atoms with van der Waals surface area (Å²) in [6, 6.07) is 14.6. The van der Waals surface area contributed by atoms with Crippen LogP contribution in [0.5, 0.6) is 0 Å². The zero-order valence-corrected chi connectivity index (χ0v) is 13.3. The van der Waals surface area contributed by atoms with Gasteiger partial charge in [-0.05, 0) is 36.4 Å². The Labute approximate surface area is 143 Å². The van der Waals surface area contributed by atoms with E-state index < -0.39 is 0 Å². The molecule has 0 unspecified atom stereocenters. The molecule has 4 rings (SSSR count). The van der Waals surface area contributed by atoms with Gasteiger partial charge in [0.1, 0.15) is 12.1 Å². The SMILES string of the molecule is O=C(Cn1nnc2ccccc21)Nc1ccc(N2CCNC2=O)cc1. The molecule has 8 nitrogen and oxygen atoms in total. The molecule has 2 heterocycles. The summed E-state index contributed by atoms with van der Waals surface area (Å²) in [5.41, 5.74) is 3.03.